The highest BCUT2D eigenvalue weighted by molar-refractivity contribution is 5.72. The highest BCUT2D eigenvalue weighted by Crippen LogP contribution is 2.29. The zero-order chi connectivity index (χ0) is 12.3. The molecule has 0 amide bonds. The molecular formula is C12H20O4. The molecule has 2 N–H and O–H groups in total. The van der Waals surface area contributed by atoms with Crippen LogP contribution in [0.4, 0.5) is 0 Å². The summed E-state index contributed by atoms with van der Waals surface area (Å²) >= 11 is 0. The fraction of sp³-hybridized carbons (Fsp3) is 0.750. The summed E-state index contributed by atoms with van der Waals surface area (Å²) in [5.41, 5.74) is 0.0112. The zero-order valence-corrected chi connectivity index (χ0v) is 10.1. The van der Waals surface area contributed by atoms with E-state index in [9.17, 15) is 15.0 Å². The van der Waals surface area contributed by atoms with Crippen molar-refractivity contribution in [2.45, 2.75) is 57.8 Å². The number of carbonyl (C=O) groups is 1. The van der Waals surface area contributed by atoms with E-state index < -0.39 is 23.8 Å². The van der Waals surface area contributed by atoms with E-state index in [1.54, 1.807) is 6.92 Å². The predicted octanol–water partition coefficient (Wildman–Crippen LogP) is 1.16. The number of hydrogen-bond acceptors (Lipinski definition) is 4. The molecule has 0 spiro atoms. The molecule has 1 aliphatic rings. The van der Waals surface area contributed by atoms with Crippen LogP contribution < -0.4 is 0 Å². The summed E-state index contributed by atoms with van der Waals surface area (Å²) in [7, 11) is 0. The second-order valence-corrected chi connectivity index (χ2v) is 4.86. The van der Waals surface area contributed by atoms with Crippen LogP contribution in [0.25, 0.3) is 0 Å². The van der Waals surface area contributed by atoms with Gasteiger partial charge < -0.3 is 14.9 Å². The molecular weight excluding hydrogens is 208 g/mol. The van der Waals surface area contributed by atoms with E-state index in [4.69, 9.17) is 4.74 Å². The number of aliphatic hydroxyl groups excluding tert-OH is 1. The number of carbonyl (C=O) groups excluding carboxylic acids is 1. The zero-order valence-electron chi connectivity index (χ0n) is 10.1. The van der Waals surface area contributed by atoms with Gasteiger partial charge in [0.2, 0.25) is 0 Å². The van der Waals surface area contributed by atoms with Crippen molar-refractivity contribution >= 4 is 5.97 Å². The Balaban J connectivity index is 2.56. The van der Waals surface area contributed by atoms with Crippen molar-refractivity contribution in [3.05, 3.63) is 11.6 Å². The molecule has 0 bridgehead atoms. The third-order valence-corrected chi connectivity index (χ3v) is 2.80. The Kier molecular flexibility index (Phi) is 4.10. The third kappa shape index (κ3) is 3.32. The Bertz CT molecular complexity index is 289. The summed E-state index contributed by atoms with van der Waals surface area (Å²) in [4.78, 5) is 11.0. The molecule has 0 radical (unpaired) electrons. The summed E-state index contributed by atoms with van der Waals surface area (Å²) in [6.07, 6.45) is 1.46. The molecule has 1 heterocycles. The van der Waals surface area contributed by atoms with Gasteiger partial charge in [0, 0.05) is 0 Å². The Morgan fingerprint density at radius 3 is 2.69 bits per heavy atom. The van der Waals surface area contributed by atoms with Gasteiger partial charge in [-0.2, -0.15) is 0 Å². The van der Waals surface area contributed by atoms with Gasteiger partial charge in [-0.1, -0.05) is 11.6 Å². The van der Waals surface area contributed by atoms with Crippen LogP contribution >= 0.6 is 0 Å². The van der Waals surface area contributed by atoms with Crippen molar-refractivity contribution in [3.8, 4) is 0 Å². The summed E-state index contributed by atoms with van der Waals surface area (Å²) in [5, 5.41) is 19.7. The maximum atomic E-state index is 11.0. The monoisotopic (exact) mass is 228 g/mol. The summed E-state index contributed by atoms with van der Waals surface area (Å²) in [6, 6.07) is 0. The molecule has 1 rings (SSSR count). The first-order chi connectivity index (χ1) is 7.33. The minimum absolute atomic E-state index is 0.0243. The first kappa shape index (κ1) is 13.2. The van der Waals surface area contributed by atoms with Gasteiger partial charge in [0.05, 0.1) is 6.42 Å². The SMILES string of the molecule is CC(C)=CCC[C@@](C)(O)C1OC(=O)CC1O. The van der Waals surface area contributed by atoms with Gasteiger partial charge in [0.1, 0.15) is 11.7 Å². The quantitative estimate of drug-likeness (QED) is 0.559. The van der Waals surface area contributed by atoms with E-state index in [-0.39, 0.29) is 6.42 Å². The summed E-state index contributed by atoms with van der Waals surface area (Å²) in [6.45, 7) is 5.57. The second kappa shape index (κ2) is 4.97. The minimum atomic E-state index is -1.17. The third-order valence-electron chi connectivity index (χ3n) is 2.80. The average molecular weight is 228 g/mol. The largest absolute Gasteiger partial charge is 0.456 e. The van der Waals surface area contributed by atoms with Crippen molar-refractivity contribution in [1.29, 1.82) is 0 Å². The van der Waals surface area contributed by atoms with Gasteiger partial charge in [0.25, 0.3) is 0 Å². The molecule has 0 aliphatic carbocycles. The first-order valence-corrected chi connectivity index (χ1v) is 5.56. The van der Waals surface area contributed by atoms with Crippen molar-refractivity contribution in [2.75, 3.05) is 0 Å². The molecule has 0 saturated carbocycles. The highest BCUT2D eigenvalue weighted by Gasteiger charge is 2.45. The lowest BCUT2D eigenvalue weighted by atomic mass is 9.90. The maximum Gasteiger partial charge on any atom is 0.309 e. The standard InChI is InChI=1S/C12H20O4/c1-8(2)5-4-6-12(3,15)11-9(13)7-10(14)16-11/h5,9,11,13,15H,4,6-7H2,1-3H3/t9?,11?,12-/m1/s1. The molecule has 0 aromatic heterocycles. The average Bonchev–Trinajstić information content (AvgIpc) is 2.44. The lowest BCUT2D eigenvalue weighted by Crippen LogP contribution is -2.45. The molecule has 4 heteroatoms. The maximum absolute atomic E-state index is 11.0. The van der Waals surface area contributed by atoms with Crippen LogP contribution in [0.3, 0.4) is 0 Å². The minimum Gasteiger partial charge on any atom is -0.456 e. The van der Waals surface area contributed by atoms with E-state index in [0.717, 1.165) is 0 Å². The first-order valence-electron chi connectivity index (χ1n) is 5.56. The van der Waals surface area contributed by atoms with Gasteiger partial charge in [-0.3, -0.25) is 4.79 Å². The van der Waals surface area contributed by atoms with Gasteiger partial charge in [-0.25, -0.2) is 0 Å². The van der Waals surface area contributed by atoms with Crippen LogP contribution in [0.5, 0.6) is 0 Å². The van der Waals surface area contributed by atoms with Gasteiger partial charge >= 0.3 is 5.97 Å². The number of cyclic esters (lactones) is 1. The second-order valence-electron chi connectivity index (χ2n) is 4.86. The van der Waals surface area contributed by atoms with E-state index in [1.165, 1.54) is 5.57 Å². The van der Waals surface area contributed by atoms with Crippen molar-refractivity contribution < 1.29 is 19.7 Å². The molecule has 1 aliphatic heterocycles. The Morgan fingerprint density at radius 1 is 1.62 bits per heavy atom. The Labute approximate surface area is 95.9 Å². The number of ether oxygens (including phenoxy) is 1. The summed E-state index contributed by atoms with van der Waals surface area (Å²) in [5.74, 6) is -0.444. The normalized spacial score (nSPS) is 28.4. The molecule has 3 atom stereocenters. The van der Waals surface area contributed by atoms with Crippen LogP contribution in [-0.2, 0) is 9.53 Å². The van der Waals surface area contributed by atoms with E-state index in [0.29, 0.717) is 12.8 Å². The molecule has 4 nitrogen and oxygen atoms in total. The fourth-order valence-electron chi connectivity index (χ4n) is 1.88. The van der Waals surface area contributed by atoms with Gasteiger partial charge in [-0.05, 0) is 33.6 Å². The highest BCUT2D eigenvalue weighted by atomic mass is 16.6. The van der Waals surface area contributed by atoms with E-state index in [1.807, 2.05) is 19.9 Å². The Hall–Kier alpha value is -0.870. The molecule has 1 fully saturated rings. The summed E-state index contributed by atoms with van der Waals surface area (Å²) < 4.78 is 4.94. The number of esters is 1. The van der Waals surface area contributed by atoms with Crippen LogP contribution in [0.1, 0.15) is 40.0 Å². The smallest absolute Gasteiger partial charge is 0.309 e. The van der Waals surface area contributed by atoms with Crippen molar-refractivity contribution in [2.24, 2.45) is 0 Å². The number of allylic oxidation sites excluding steroid dienone is 2. The molecule has 16 heavy (non-hydrogen) atoms. The lowest BCUT2D eigenvalue weighted by molar-refractivity contribution is -0.156. The molecule has 1 saturated heterocycles. The van der Waals surface area contributed by atoms with Crippen LogP contribution in [-0.4, -0.2) is 34.0 Å². The van der Waals surface area contributed by atoms with Crippen molar-refractivity contribution in [1.82, 2.24) is 0 Å². The van der Waals surface area contributed by atoms with Gasteiger partial charge in [-0.15, -0.1) is 0 Å². The van der Waals surface area contributed by atoms with Crippen LogP contribution in [0.15, 0.2) is 11.6 Å². The molecule has 0 aromatic rings. The van der Waals surface area contributed by atoms with Crippen LogP contribution in [0, 0.1) is 0 Å². The number of hydrogen-bond donors (Lipinski definition) is 2. The topological polar surface area (TPSA) is 66.8 Å². The number of rotatable bonds is 4. The van der Waals surface area contributed by atoms with Crippen LogP contribution in [0.2, 0.25) is 0 Å². The lowest BCUT2D eigenvalue weighted by Gasteiger charge is -2.30. The Morgan fingerprint density at radius 2 is 2.25 bits per heavy atom. The number of aliphatic hydroxyl groups is 2. The van der Waals surface area contributed by atoms with Gasteiger partial charge in [0.15, 0.2) is 6.10 Å². The molecule has 92 valence electrons. The van der Waals surface area contributed by atoms with Crippen molar-refractivity contribution in [3.63, 3.8) is 0 Å². The van der Waals surface area contributed by atoms with E-state index >= 15 is 0 Å². The fourth-order valence-corrected chi connectivity index (χ4v) is 1.88. The molecule has 0 aromatic carbocycles. The molecule has 2 unspecified atom stereocenters. The predicted molar refractivity (Wildman–Crippen MR) is 59.8 cm³/mol. The van der Waals surface area contributed by atoms with E-state index in [2.05, 4.69) is 0 Å².